The van der Waals surface area contributed by atoms with Crippen LogP contribution in [0, 0.1) is 0 Å². The van der Waals surface area contributed by atoms with Gasteiger partial charge in [0.1, 0.15) is 12.4 Å². The number of aromatic nitrogens is 2. The van der Waals surface area contributed by atoms with Crippen molar-refractivity contribution >= 4 is 6.08 Å². The lowest BCUT2D eigenvalue weighted by atomic mass is 9.91. The quantitative estimate of drug-likeness (QED) is 0.811. The summed E-state index contributed by atoms with van der Waals surface area (Å²) in [5, 5.41) is 0. The Bertz CT molecular complexity index is 674. The topological polar surface area (TPSA) is 47.5 Å². The van der Waals surface area contributed by atoms with Crippen LogP contribution in [0.2, 0.25) is 0 Å². The summed E-state index contributed by atoms with van der Waals surface area (Å²) in [6, 6.07) is 0.692. The third-order valence-electron chi connectivity index (χ3n) is 6.07. The maximum Gasteiger partial charge on any atom is 0.220 e. The molecule has 3 aliphatic rings. The zero-order valence-electron chi connectivity index (χ0n) is 16.2. The van der Waals surface area contributed by atoms with Crippen molar-refractivity contribution in [3.63, 3.8) is 0 Å². The van der Waals surface area contributed by atoms with Gasteiger partial charge in [0, 0.05) is 24.7 Å². The lowest BCUT2D eigenvalue weighted by Gasteiger charge is -2.38. The molecule has 1 saturated carbocycles. The first-order chi connectivity index (χ1) is 13.3. The first kappa shape index (κ1) is 18.6. The molecule has 4 rings (SSSR count). The summed E-state index contributed by atoms with van der Waals surface area (Å²) in [5.74, 6) is 0.798. The van der Waals surface area contributed by atoms with E-state index >= 15 is 0 Å². The third-order valence-corrected chi connectivity index (χ3v) is 6.07. The maximum absolute atomic E-state index is 6.40. The van der Waals surface area contributed by atoms with Crippen LogP contribution in [-0.4, -0.2) is 53.3 Å². The van der Waals surface area contributed by atoms with Gasteiger partial charge in [-0.05, 0) is 57.4 Å². The van der Waals surface area contributed by atoms with Gasteiger partial charge in [0.15, 0.2) is 0 Å². The Labute approximate surface area is 162 Å². The molecule has 0 bridgehead atoms. The highest BCUT2D eigenvalue weighted by Gasteiger charge is 2.28. The Morgan fingerprint density at radius 2 is 1.78 bits per heavy atom. The first-order valence-electron chi connectivity index (χ1n) is 10.5. The maximum atomic E-state index is 6.40. The Balaban J connectivity index is 1.40. The van der Waals surface area contributed by atoms with E-state index in [0.717, 1.165) is 76.4 Å². The van der Waals surface area contributed by atoms with E-state index in [9.17, 15) is 0 Å². The zero-order chi connectivity index (χ0) is 18.5. The van der Waals surface area contributed by atoms with Crippen molar-refractivity contribution in [2.75, 3.05) is 26.3 Å². The highest BCUT2D eigenvalue weighted by molar-refractivity contribution is 5.55. The number of fused-ring (bicyclic) bond motifs is 1. The van der Waals surface area contributed by atoms with Crippen LogP contribution in [0.3, 0.4) is 0 Å². The van der Waals surface area contributed by atoms with Crippen LogP contribution < -0.4 is 4.74 Å². The van der Waals surface area contributed by atoms with Crippen molar-refractivity contribution in [1.29, 1.82) is 0 Å². The van der Waals surface area contributed by atoms with Gasteiger partial charge in [0.05, 0.1) is 18.9 Å². The molecule has 5 heteroatoms. The van der Waals surface area contributed by atoms with E-state index in [4.69, 9.17) is 9.47 Å². The van der Waals surface area contributed by atoms with Crippen LogP contribution in [0.1, 0.15) is 56.2 Å². The summed E-state index contributed by atoms with van der Waals surface area (Å²) >= 11 is 0. The number of ether oxygens (including phenoxy) is 2. The molecule has 0 N–H and O–H groups in total. The predicted octanol–water partition coefficient (Wildman–Crippen LogP) is 3.79. The smallest absolute Gasteiger partial charge is 0.220 e. The van der Waals surface area contributed by atoms with Crippen LogP contribution in [0.5, 0.6) is 5.88 Å². The van der Waals surface area contributed by atoms with Gasteiger partial charge in [-0.25, -0.2) is 9.97 Å². The Kier molecular flexibility index (Phi) is 6.20. The Morgan fingerprint density at radius 3 is 2.59 bits per heavy atom. The van der Waals surface area contributed by atoms with Gasteiger partial charge in [-0.2, -0.15) is 0 Å². The number of hydrogen-bond acceptors (Lipinski definition) is 5. The molecule has 2 heterocycles. The molecule has 0 amide bonds. The predicted molar refractivity (Wildman–Crippen MR) is 107 cm³/mol. The summed E-state index contributed by atoms with van der Waals surface area (Å²) in [6.45, 7) is 8.03. The molecule has 5 nitrogen and oxygen atoms in total. The molecule has 0 spiro atoms. The van der Waals surface area contributed by atoms with Crippen LogP contribution in [0.25, 0.3) is 6.08 Å². The molecule has 1 saturated heterocycles. The van der Waals surface area contributed by atoms with E-state index in [1.165, 1.54) is 24.0 Å². The van der Waals surface area contributed by atoms with Crippen molar-refractivity contribution in [2.24, 2.45) is 0 Å². The average molecular weight is 370 g/mol. The van der Waals surface area contributed by atoms with E-state index in [1.54, 1.807) is 6.33 Å². The fourth-order valence-electron chi connectivity index (χ4n) is 4.45. The molecular weight excluding hydrogens is 338 g/mol. The second kappa shape index (κ2) is 8.98. The van der Waals surface area contributed by atoms with E-state index < -0.39 is 0 Å². The van der Waals surface area contributed by atoms with Crippen LogP contribution in [-0.2, 0) is 11.2 Å². The SMILES string of the molecule is C=C1/C=C\c2ncnc(OC3CCC(N4CCOCC4)CC3)c2CCCC1. The van der Waals surface area contributed by atoms with E-state index in [0.29, 0.717) is 6.04 Å². The fourth-order valence-corrected chi connectivity index (χ4v) is 4.45. The molecule has 2 fully saturated rings. The molecule has 2 aliphatic carbocycles. The molecule has 1 aromatic rings. The van der Waals surface area contributed by atoms with Crippen molar-refractivity contribution < 1.29 is 9.47 Å². The van der Waals surface area contributed by atoms with Gasteiger partial charge >= 0.3 is 0 Å². The largest absolute Gasteiger partial charge is 0.474 e. The Hall–Kier alpha value is -1.72. The molecule has 146 valence electrons. The van der Waals surface area contributed by atoms with Gasteiger partial charge in [-0.3, -0.25) is 4.90 Å². The Morgan fingerprint density at radius 1 is 1.00 bits per heavy atom. The van der Waals surface area contributed by atoms with Gasteiger partial charge < -0.3 is 9.47 Å². The lowest BCUT2D eigenvalue weighted by Crippen LogP contribution is -2.46. The van der Waals surface area contributed by atoms with Crippen LogP contribution in [0.4, 0.5) is 0 Å². The monoisotopic (exact) mass is 369 g/mol. The number of morpholine rings is 1. The van der Waals surface area contributed by atoms with Gasteiger partial charge in [0.25, 0.3) is 0 Å². The van der Waals surface area contributed by atoms with Crippen LogP contribution in [0.15, 0.2) is 24.6 Å². The second-order valence-corrected chi connectivity index (χ2v) is 7.94. The molecule has 1 aliphatic heterocycles. The number of hydrogen-bond donors (Lipinski definition) is 0. The van der Waals surface area contributed by atoms with E-state index in [-0.39, 0.29) is 6.10 Å². The third kappa shape index (κ3) is 4.77. The van der Waals surface area contributed by atoms with E-state index in [2.05, 4.69) is 33.6 Å². The zero-order valence-corrected chi connectivity index (χ0v) is 16.2. The molecule has 0 atom stereocenters. The molecule has 27 heavy (non-hydrogen) atoms. The minimum atomic E-state index is 0.271. The fraction of sp³-hybridized carbons (Fsp3) is 0.636. The van der Waals surface area contributed by atoms with Crippen molar-refractivity contribution in [3.05, 3.63) is 35.8 Å². The van der Waals surface area contributed by atoms with E-state index in [1.807, 2.05) is 0 Å². The summed E-state index contributed by atoms with van der Waals surface area (Å²) < 4.78 is 11.9. The van der Waals surface area contributed by atoms with Gasteiger partial charge in [-0.1, -0.05) is 18.2 Å². The minimum absolute atomic E-state index is 0.271. The average Bonchev–Trinajstić information content (AvgIpc) is 2.81. The van der Waals surface area contributed by atoms with Crippen LogP contribution >= 0.6 is 0 Å². The summed E-state index contributed by atoms with van der Waals surface area (Å²) in [7, 11) is 0. The van der Waals surface area contributed by atoms with Gasteiger partial charge in [0.2, 0.25) is 5.88 Å². The molecular formula is C22H31N3O2. The van der Waals surface area contributed by atoms with Crippen molar-refractivity contribution in [3.8, 4) is 5.88 Å². The summed E-state index contributed by atoms with van der Waals surface area (Å²) in [6.07, 6.45) is 15.0. The second-order valence-electron chi connectivity index (χ2n) is 7.94. The highest BCUT2D eigenvalue weighted by atomic mass is 16.5. The van der Waals surface area contributed by atoms with Gasteiger partial charge in [-0.15, -0.1) is 0 Å². The number of nitrogens with zero attached hydrogens (tertiary/aromatic N) is 3. The molecule has 0 radical (unpaired) electrons. The molecule has 1 aromatic heterocycles. The minimum Gasteiger partial charge on any atom is -0.474 e. The first-order valence-corrected chi connectivity index (χ1v) is 10.5. The molecule has 0 unspecified atom stereocenters. The normalized spacial score (nSPS) is 28.5. The molecule has 0 aromatic carbocycles. The number of rotatable bonds is 3. The lowest BCUT2D eigenvalue weighted by molar-refractivity contribution is -0.00148. The van der Waals surface area contributed by atoms with Crippen molar-refractivity contribution in [1.82, 2.24) is 14.9 Å². The number of allylic oxidation sites excluding steroid dienone is 2. The summed E-state index contributed by atoms with van der Waals surface area (Å²) in [5.41, 5.74) is 3.33. The van der Waals surface area contributed by atoms with Crippen molar-refractivity contribution in [2.45, 2.75) is 63.5 Å². The standard InChI is InChI=1S/C22H31N3O2/c1-17-4-2-3-5-20-21(11-6-17)23-16-24-22(20)27-19-9-7-18(8-10-19)25-12-14-26-15-13-25/h6,11,16,18-19H,1-5,7-10,12-15H2/b11-6-. The highest BCUT2D eigenvalue weighted by Crippen LogP contribution is 2.30. The summed E-state index contributed by atoms with van der Waals surface area (Å²) in [4.78, 5) is 11.6.